The van der Waals surface area contributed by atoms with Crippen LogP contribution in [0.1, 0.15) is 49.9 Å². The average Bonchev–Trinajstić information content (AvgIpc) is 2.87. The molecule has 7 nitrogen and oxygen atoms in total. The summed E-state index contributed by atoms with van der Waals surface area (Å²) in [6, 6.07) is 20.2. The highest BCUT2D eigenvalue weighted by atomic mass is 32.2. The van der Waals surface area contributed by atoms with E-state index in [0.717, 1.165) is 26.6 Å². The minimum Gasteiger partial charge on any atom is -0.350 e. The molecule has 0 saturated heterocycles. The standard InChI is InChI=1S/C31H39N3O4S/c1-22-17-18-27(19-24(22)3)34(39(37,38)28-15-9-8-10-16-28)21-29(35)33(20-26-14-12-11-13-23(26)2)25(4)30(36)32-31(5,6)7/h8-19,25H,20-21H2,1-7H3,(H,32,36)/t25-/m1/s1. The zero-order valence-corrected chi connectivity index (χ0v) is 24.7. The summed E-state index contributed by atoms with van der Waals surface area (Å²) in [5.41, 5.74) is 3.66. The molecule has 3 rings (SSSR count). The number of aryl methyl sites for hydroxylation is 3. The van der Waals surface area contributed by atoms with Gasteiger partial charge in [0.05, 0.1) is 10.6 Å². The van der Waals surface area contributed by atoms with Gasteiger partial charge < -0.3 is 10.2 Å². The van der Waals surface area contributed by atoms with Gasteiger partial charge in [0, 0.05) is 12.1 Å². The first-order chi connectivity index (χ1) is 18.2. The Balaban J connectivity index is 2.06. The van der Waals surface area contributed by atoms with Gasteiger partial charge in [0.2, 0.25) is 11.8 Å². The quantitative estimate of drug-likeness (QED) is 0.401. The fraction of sp³-hybridized carbons (Fsp3) is 0.355. The second-order valence-electron chi connectivity index (χ2n) is 11.0. The molecule has 0 aromatic heterocycles. The van der Waals surface area contributed by atoms with Crippen molar-refractivity contribution in [1.29, 1.82) is 0 Å². The molecule has 0 fully saturated rings. The van der Waals surface area contributed by atoms with Crippen LogP contribution in [0.25, 0.3) is 0 Å². The number of amides is 2. The molecule has 0 aliphatic heterocycles. The van der Waals surface area contributed by atoms with Gasteiger partial charge in [-0.3, -0.25) is 13.9 Å². The fourth-order valence-electron chi connectivity index (χ4n) is 4.16. The van der Waals surface area contributed by atoms with E-state index in [1.54, 1.807) is 37.3 Å². The first kappa shape index (κ1) is 29.9. The Kier molecular flexibility index (Phi) is 9.22. The highest BCUT2D eigenvalue weighted by Crippen LogP contribution is 2.26. The highest BCUT2D eigenvalue weighted by Gasteiger charge is 2.33. The van der Waals surface area contributed by atoms with E-state index in [2.05, 4.69) is 5.32 Å². The van der Waals surface area contributed by atoms with E-state index < -0.39 is 34.1 Å². The topological polar surface area (TPSA) is 86.8 Å². The van der Waals surface area contributed by atoms with E-state index in [1.165, 1.54) is 17.0 Å². The Hall–Kier alpha value is -3.65. The maximum absolute atomic E-state index is 14.0. The van der Waals surface area contributed by atoms with Crippen LogP contribution in [-0.4, -0.2) is 43.3 Å². The number of anilines is 1. The van der Waals surface area contributed by atoms with Crippen molar-refractivity contribution >= 4 is 27.5 Å². The van der Waals surface area contributed by atoms with E-state index in [-0.39, 0.29) is 17.3 Å². The van der Waals surface area contributed by atoms with Crippen LogP contribution in [0.3, 0.4) is 0 Å². The molecule has 0 saturated carbocycles. The zero-order valence-electron chi connectivity index (χ0n) is 23.9. The molecule has 0 radical (unpaired) electrons. The van der Waals surface area contributed by atoms with Crippen molar-refractivity contribution in [2.75, 3.05) is 10.8 Å². The number of carbonyl (C=O) groups excluding carboxylic acids is 2. The van der Waals surface area contributed by atoms with Crippen molar-refractivity contribution < 1.29 is 18.0 Å². The molecular weight excluding hydrogens is 510 g/mol. The van der Waals surface area contributed by atoms with Gasteiger partial charge in [0.15, 0.2) is 0 Å². The summed E-state index contributed by atoms with van der Waals surface area (Å²) < 4.78 is 28.9. The SMILES string of the molecule is Cc1ccc(N(CC(=O)N(Cc2ccccc2C)[C@H](C)C(=O)NC(C)(C)C)S(=O)(=O)c2ccccc2)cc1C. The van der Waals surface area contributed by atoms with Crippen LogP contribution in [-0.2, 0) is 26.2 Å². The lowest BCUT2D eigenvalue weighted by Gasteiger charge is -2.34. The number of nitrogens with zero attached hydrogens (tertiary/aromatic N) is 2. The van der Waals surface area contributed by atoms with Crippen LogP contribution in [0.4, 0.5) is 5.69 Å². The molecule has 8 heteroatoms. The van der Waals surface area contributed by atoms with Gasteiger partial charge in [-0.25, -0.2) is 8.42 Å². The summed E-state index contributed by atoms with van der Waals surface area (Å²) in [6.07, 6.45) is 0. The van der Waals surface area contributed by atoms with Gasteiger partial charge in [-0.05, 0) is 95.0 Å². The number of rotatable bonds is 9. The van der Waals surface area contributed by atoms with Crippen LogP contribution in [0.2, 0.25) is 0 Å². The second-order valence-corrected chi connectivity index (χ2v) is 12.8. The summed E-state index contributed by atoms with van der Waals surface area (Å²) in [4.78, 5) is 28.8. The smallest absolute Gasteiger partial charge is 0.264 e. The minimum absolute atomic E-state index is 0.0833. The van der Waals surface area contributed by atoms with E-state index >= 15 is 0 Å². The molecule has 0 unspecified atom stereocenters. The third kappa shape index (κ3) is 7.47. The van der Waals surface area contributed by atoms with Crippen LogP contribution >= 0.6 is 0 Å². The van der Waals surface area contributed by atoms with Crippen molar-refractivity contribution in [2.24, 2.45) is 0 Å². The third-order valence-corrected chi connectivity index (χ3v) is 8.44. The molecule has 1 N–H and O–H groups in total. The van der Waals surface area contributed by atoms with Crippen LogP contribution in [0.15, 0.2) is 77.7 Å². The third-order valence-electron chi connectivity index (χ3n) is 6.66. The monoisotopic (exact) mass is 549 g/mol. The number of hydrogen-bond acceptors (Lipinski definition) is 4. The lowest BCUT2D eigenvalue weighted by molar-refractivity contribution is -0.140. The van der Waals surface area contributed by atoms with E-state index in [9.17, 15) is 18.0 Å². The number of carbonyl (C=O) groups is 2. The molecule has 0 aliphatic carbocycles. The average molecular weight is 550 g/mol. The van der Waals surface area contributed by atoms with Gasteiger partial charge in [0.1, 0.15) is 12.6 Å². The summed E-state index contributed by atoms with van der Waals surface area (Å²) in [5.74, 6) is -0.791. The zero-order chi connectivity index (χ0) is 29.0. The molecule has 3 aromatic carbocycles. The molecule has 0 bridgehead atoms. The van der Waals surface area contributed by atoms with Crippen molar-refractivity contribution in [1.82, 2.24) is 10.2 Å². The highest BCUT2D eigenvalue weighted by molar-refractivity contribution is 7.92. The Bertz CT molecular complexity index is 1430. The molecular formula is C31H39N3O4S. The molecule has 1 atom stereocenters. The molecule has 3 aromatic rings. The largest absolute Gasteiger partial charge is 0.350 e. The molecule has 0 aliphatic rings. The van der Waals surface area contributed by atoms with Gasteiger partial charge >= 0.3 is 0 Å². The Morgan fingerprint density at radius 2 is 1.46 bits per heavy atom. The molecule has 208 valence electrons. The predicted octanol–water partition coefficient (Wildman–Crippen LogP) is 5.14. The van der Waals surface area contributed by atoms with Gasteiger partial charge in [0.25, 0.3) is 10.0 Å². The maximum Gasteiger partial charge on any atom is 0.264 e. The number of hydrogen-bond donors (Lipinski definition) is 1. The maximum atomic E-state index is 14.0. The summed E-state index contributed by atoms with van der Waals surface area (Å²) in [6.45, 7) is 12.8. The van der Waals surface area contributed by atoms with E-state index in [4.69, 9.17) is 0 Å². The normalized spacial score (nSPS) is 12.5. The molecule has 39 heavy (non-hydrogen) atoms. The lowest BCUT2D eigenvalue weighted by Crippen LogP contribution is -2.54. The van der Waals surface area contributed by atoms with Crippen molar-refractivity contribution in [3.63, 3.8) is 0 Å². The van der Waals surface area contributed by atoms with Crippen molar-refractivity contribution in [2.45, 2.75) is 71.5 Å². The summed E-state index contributed by atoms with van der Waals surface area (Å²) >= 11 is 0. The van der Waals surface area contributed by atoms with E-state index in [0.29, 0.717) is 5.69 Å². The second kappa shape index (κ2) is 12.0. The summed E-state index contributed by atoms with van der Waals surface area (Å²) in [7, 11) is -4.08. The molecule has 0 heterocycles. The molecule has 0 spiro atoms. The summed E-state index contributed by atoms with van der Waals surface area (Å²) in [5, 5.41) is 2.94. The number of sulfonamides is 1. The van der Waals surface area contributed by atoms with Crippen LogP contribution < -0.4 is 9.62 Å². The molecule has 2 amide bonds. The lowest BCUT2D eigenvalue weighted by atomic mass is 10.1. The van der Waals surface area contributed by atoms with Crippen molar-refractivity contribution in [3.05, 3.63) is 95.1 Å². The van der Waals surface area contributed by atoms with Gasteiger partial charge in [-0.15, -0.1) is 0 Å². The Morgan fingerprint density at radius 1 is 0.846 bits per heavy atom. The van der Waals surface area contributed by atoms with Crippen LogP contribution in [0.5, 0.6) is 0 Å². The van der Waals surface area contributed by atoms with Gasteiger partial charge in [-0.2, -0.15) is 0 Å². The Labute approximate surface area is 232 Å². The fourth-order valence-corrected chi connectivity index (χ4v) is 5.58. The van der Waals surface area contributed by atoms with E-state index in [1.807, 2.05) is 71.9 Å². The van der Waals surface area contributed by atoms with Crippen LogP contribution in [0, 0.1) is 20.8 Å². The van der Waals surface area contributed by atoms with Gasteiger partial charge in [-0.1, -0.05) is 48.5 Å². The number of nitrogens with one attached hydrogen (secondary N) is 1. The Morgan fingerprint density at radius 3 is 2.05 bits per heavy atom. The number of benzene rings is 3. The van der Waals surface area contributed by atoms with Crippen molar-refractivity contribution in [3.8, 4) is 0 Å². The minimum atomic E-state index is -4.08. The first-order valence-corrected chi connectivity index (χ1v) is 14.5. The first-order valence-electron chi connectivity index (χ1n) is 13.0. The predicted molar refractivity (Wildman–Crippen MR) is 156 cm³/mol.